The molecule has 0 unspecified atom stereocenters. The number of carbonyl (C=O) groups is 1. The molecule has 0 radical (unpaired) electrons. The smallest absolute Gasteiger partial charge is 0.339 e. The van der Waals surface area contributed by atoms with Gasteiger partial charge in [0, 0.05) is 18.3 Å². The Hall–Kier alpha value is -2.60. The first-order valence-corrected chi connectivity index (χ1v) is 7.96. The zero-order valence-corrected chi connectivity index (χ0v) is 15.5. The van der Waals surface area contributed by atoms with Gasteiger partial charge in [-0.2, -0.15) is 0 Å². The number of ether oxygens (including phenoxy) is 2. The van der Waals surface area contributed by atoms with Gasteiger partial charge in [-0.15, -0.1) is 0 Å². The fourth-order valence-corrected chi connectivity index (χ4v) is 2.06. The predicted octanol–water partition coefficient (Wildman–Crippen LogP) is 3.57. The largest absolute Gasteiger partial charge is 0.494 e. The molecule has 0 saturated carbocycles. The molecule has 0 amide bonds. The van der Waals surface area contributed by atoms with Gasteiger partial charge < -0.3 is 20.2 Å². The lowest BCUT2D eigenvalue weighted by atomic mass is 10.1. The number of para-hydroxylation sites is 1. The second-order valence-electron chi connectivity index (χ2n) is 4.92. The summed E-state index contributed by atoms with van der Waals surface area (Å²) in [7, 11) is 3.14. The molecule has 0 aliphatic rings. The third-order valence-corrected chi connectivity index (χ3v) is 3.47. The summed E-state index contributed by atoms with van der Waals surface area (Å²) in [5.74, 6) is -0.158. The first-order chi connectivity index (χ1) is 11.8. The van der Waals surface area contributed by atoms with E-state index in [1.54, 1.807) is 39.1 Å². The zero-order valence-electron chi connectivity index (χ0n) is 14.8. The van der Waals surface area contributed by atoms with Gasteiger partial charge in [0.1, 0.15) is 10.8 Å². The molecule has 0 aromatic heterocycles. The van der Waals surface area contributed by atoms with Gasteiger partial charge in [-0.3, -0.25) is 0 Å². The van der Waals surface area contributed by atoms with Crippen molar-refractivity contribution >= 4 is 34.7 Å². The number of nitrogens with one attached hydrogen (secondary N) is 2. The number of benzene rings is 1. The predicted molar refractivity (Wildman–Crippen MR) is 101 cm³/mol. The van der Waals surface area contributed by atoms with E-state index in [4.69, 9.17) is 26.5 Å². The van der Waals surface area contributed by atoms with Crippen molar-refractivity contribution in [3.05, 3.63) is 47.1 Å². The Bertz CT molecular complexity index is 739. The molecule has 0 spiro atoms. The number of hydrogen-bond donors (Lipinski definition) is 2. The SMILES string of the molecule is C=C(C(=O)OCC)C(/C=C(/Cl)NC)=Nc1cccc(C(C)=N)c1OC. The molecule has 0 heterocycles. The molecule has 0 fully saturated rings. The van der Waals surface area contributed by atoms with Gasteiger partial charge in [0.15, 0.2) is 5.75 Å². The summed E-state index contributed by atoms with van der Waals surface area (Å²) in [6.45, 7) is 7.33. The van der Waals surface area contributed by atoms with Crippen LogP contribution in [0.2, 0.25) is 0 Å². The highest BCUT2D eigenvalue weighted by Crippen LogP contribution is 2.32. The number of halogens is 1. The molecule has 0 atom stereocenters. The van der Waals surface area contributed by atoms with Gasteiger partial charge in [-0.25, -0.2) is 9.79 Å². The van der Waals surface area contributed by atoms with Gasteiger partial charge in [0.25, 0.3) is 0 Å². The normalized spacial score (nSPS) is 11.7. The molecule has 1 aromatic carbocycles. The van der Waals surface area contributed by atoms with Gasteiger partial charge in [0.05, 0.1) is 25.0 Å². The Morgan fingerprint density at radius 2 is 2.16 bits per heavy atom. The van der Waals surface area contributed by atoms with Crippen molar-refractivity contribution in [2.75, 3.05) is 20.8 Å². The Labute approximate surface area is 152 Å². The van der Waals surface area contributed by atoms with E-state index < -0.39 is 5.97 Å². The lowest BCUT2D eigenvalue weighted by molar-refractivity contribution is -0.137. The maximum atomic E-state index is 12.0. The number of rotatable bonds is 8. The molecule has 1 rings (SSSR count). The van der Waals surface area contributed by atoms with E-state index in [0.717, 1.165) is 0 Å². The Kier molecular flexibility index (Phi) is 7.88. The van der Waals surface area contributed by atoms with Crippen LogP contribution in [0.3, 0.4) is 0 Å². The number of methoxy groups -OCH3 is 1. The molecule has 0 bridgehead atoms. The number of esters is 1. The lowest BCUT2D eigenvalue weighted by Gasteiger charge is -2.12. The first-order valence-electron chi connectivity index (χ1n) is 7.58. The van der Waals surface area contributed by atoms with Gasteiger partial charge >= 0.3 is 5.97 Å². The molecular formula is C18H22ClN3O3. The van der Waals surface area contributed by atoms with Crippen molar-refractivity contribution in [2.24, 2.45) is 4.99 Å². The minimum Gasteiger partial charge on any atom is -0.494 e. The second-order valence-corrected chi connectivity index (χ2v) is 5.33. The van der Waals surface area contributed by atoms with Crippen molar-refractivity contribution < 1.29 is 14.3 Å². The molecule has 0 saturated heterocycles. The standard InChI is InChI=1S/C18H22ClN3O3/c1-6-25-18(23)11(2)15(10-16(19)21-4)22-14-9-7-8-13(12(3)20)17(14)24-5/h7-10,20-21H,2,6H2,1,3-5H3/b16-10-,20-12?,22-15?. The van der Waals surface area contributed by atoms with Crippen molar-refractivity contribution in [2.45, 2.75) is 13.8 Å². The number of aliphatic imine (C=N–C) groups is 1. The van der Waals surface area contributed by atoms with E-state index in [9.17, 15) is 4.79 Å². The quantitative estimate of drug-likeness (QED) is 0.320. The fourth-order valence-electron chi connectivity index (χ4n) is 1.95. The Morgan fingerprint density at radius 3 is 2.68 bits per heavy atom. The van der Waals surface area contributed by atoms with Crippen LogP contribution in [0.5, 0.6) is 5.75 Å². The van der Waals surface area contributed by atoms with E-state index in [1.807, 2.05) is 0 Å². The minimum atomic E-state index is -0.587. The van der Waals surface area contributed by atoms with Crippen LogP contribution in [0.15, 0.2) is 46.6 Å². The van der Waals surface area contributed by atoms with Crippen LogP contribution in [0.1, 0.15) is 19.4 Å². The van der Waals surface area contributed by atoms with E-state index in [-0.39, 0.29) is 23.0 Å². The van der Waals surface area contributed by atoms with Gasteiger partial charge in [-0.1, -0.05) is 24.2 Å². The lowest BCUT2D eigenvalue weighted by Crippen LogP contribution is -2.15. The highest BCUT2D eigenvalue weighted by atomic mass is 35.5. The van der Waals surface area contributed by atoms with Gasteiger partial charge in [0.2, 0.25) is 0 Å². The van der Waals surface area contributed by atoms with E-state index in [1.165, 1.54) is 13.2 Å². The molecule has 7 heteroatoms. The van der Waals surface area contributed by atoms with E-state index >= 15 is 0 Å². The maximum Gasteiger partial charge on any atom is 0.339 e. The number of allylic oxidation sites excluding steroid dienone is 1. The van der Waals surface area contributed by atoms with Crippen LogP contribution < -0.4 is 10.1 Å². The molecule has 0 aliphatic heterocycles. The summed E-state index contributed by atoms with van der Waals surface area (Å²) >= 11 is 6.02. The van der Waals surface area contributed by atoms with Crippen molar-refractivity contribution in [1.29, 1.82) is 5.41 Å². The summed E-state index contributed by atoms with van der Waals surface area (Å²) in [5, 5.41) is 10.9. The third kappa shape index (κ3) is 5.46. The zero-order chi connectivity index (χ0) is 19.0. The molecule has 1 aromatic rings. The van der Waals surface area contributed by atoms with Crippen molar-refractivity contribution in [3.63, 3.8) is 0 Å². The summed E-state index contributed by atoms with van der Waals surface area (Å²) in [6.07, 6.45) is 1.48. The van der Waals surface area contributed by atoms with Crippen molar-refractivity contribution in [1.82, 2.24) is 5.32 Å². The molecule has 6 nitrogen and oxygen atoms in total. The van der Waals surface area contributed by atoms with Crippen LogP contribution >= 0.6 is 11.6 Å². The maximum absolute atomic E-state index is 12.0. The molecule has 25 heavy (non-hydrogen) atoms. The number of hydrogen-bond acceptors (Lipinski definition) is 6. The average molecular weight is 364 g/mol. The molecule has 2 N–H and O–H groups in total. The molecule has 0 aliphatic carbocycles. The second kappa shape index (κ2) is 9.64. The Balaban J connectivity index is 3.50. The summed E-state index contributed by atoms with van der Waals surface area (Å²) in [6, 6.07) is 5.23. The summed E-state index contributed by atoms with van der Waals surface area (Å²) < 4.78 is 10.4. The topological polar surface area (TPSA) is 83.8 Å². The highest BCUT2D eigenvalue weighted by molar-refractivity contribution is 6.33. The van der Waals surface area contributed by atoms with Crippen LogP contribution in [0.4, 0.5) is 5.69 Å². The Morgan fingerprint density at radius 1 is 1.48 bits per heavy atom. The van der Waals surface area contributed by atoms with Crippen LogP contribution in [0.25, 0.3) is 0 Å². The van der Waals surface area contributed by atoms with Gasteiger partial charge in [-0.05, 0) is 32.1 Å². The number of carbonyl (C=O) groups excluding carboxylic acids is 1. The highest BCUT2D eigenvalue weighted by Gasteiger charge is 2.16. The van der Waals surface area contributed by atoms with Crippen LogP contribution in [0, 0.1) is 5.41 Å². The van der Waals surface area contributed by atoms with Crippen molar-refractivity contribution in [3.8, 4) is 5.75 Å². The number of nitrogens with zero attached hydrogens (tertiary/aromatic N) is 1. The van der Waals surface area contributed by atoms with E-state index in [2.05, 4.69) is 16.9 Å². The average Bonchev–Trinajstić information content (AvgIpc) is 2.60. The summed E-state index contributed by atoms with van der Waals surface area (Å²) in [5.41, 5.74) is 1.69. The first kappa shape index (κ1) is 20.4. The molecular weight excluding hydrogens is 342 g/mol. The van der Waals surface area contributed by atoms with Crippen LogP contribution in [-0.4, -0.2) is 38.2 Å². The van der Waals surface area contributed by atoms with E-state index in [0.29, 0.717) is 22.7 Å². The minimum absolute atomic E-state index is 0.0641. The molecule has 134 valence electrons. The third-order valence-electron chi connectivity index (χ3n) is 3.18. The summed E-state index contributed by atoms with van der Waals surface area (Å²) in [4.78, 5) is 16.5. The van der Waals surface area contributed by atoms with Crippen LogP contribution in [-0.2, 0) is 9.53 Å². The monoisotopic (exact) mass is 363 g/mol. The fraction of sp³-hybridized carbons (Fsp3) is 0.278.